The molecule has 0 bridgehead atoms. The van der Waals surface area contributed by atoms with Crippen LogP contribution in [0.3, 0.4) is 0 Å². The van der Waals surface area contributed by atoms with Crippen LogP contribution < -0.4 is 4.74 Å². The van der Waals surface area contributed by atoms with Gasteiger partial charge in [-0.3, -0.25) is 0 Å². The van der Waals surface area contributed by atoms with E-state index in [1.165, 1.54) is 0 Å². The van der Waals surface area contributed by atoms with Gasteiger partial charge in [0.2, 0.25) is 0 Å². The Balaban J connectivity index is 2.39. The van der Waals surface area contributed by atoms with Gasteiger partial charge in [-0.2, -0.15) is 13.2 Å². The van der Waals surface area contributed by atoms with Gasteiger partial charge < -0.3 is 9.84 Å². The van der Waals surface area contributed by atoms with E-state index in [9.17, 15) is 18.0 Å². The Morgan fingerprint density at radius 3 is 2.24 bits per heavy atom. The van der Waals surface area contributed by atoms with E-state index in [1.807, 2.05) is 0 Å². The van der Waals surface area contributed by atoms with Crippen molar-refractivity contribution in [2.75, 3.05) is 0 Å². The molecule has 7 heteroatoms. The summed E-state index contributed by atoms with van der Waals surface area (Å²) in [5.74, 6) is -1.33. The molecule has 0 unspecified atom stereocenters. The van der Waals surface area contributed by atoms with Crippen LogP contribution in [0, 0.1) is 0 Å². The molecule has 0 spiro atoms. The highest BCUT2D eigenvalue weighted by atomic mass is 79.9. The molecule has 110 valence electrons. The van der Waals surface area contributed by atoms with Gasteiger partial charge in [-0.05, 0) is 42.5 Å². The number of alkyl halides is 3. The summed E-state index contributed by atoms with van der Waals surface area (Å²) in [5.41, 5.74) is -1.59. The zero-order valence-corrected chi connectivity index (χ0v) is 11.9. The molecule has 2 rings (SSSR count). The number of rotatable bonds is 3. The molecule has 0 atom stereocenters. The van der Waals surface area contributed by atoms with Crippen LogP contribution in [-0.4, -0.2) is 11.1 Å². The van der Waals surface area contributed by atoms with E-state index < -0.39 is 23.3 Å². The van der Waals surface area contributed by atoms with Gasteiger partial charge in [0.1, 0.15) is 17.1 Å². The molecule has 0 aliphatic rings. The summed E-state index contributed by atoms with van der Waals surface area (Å²) in [6, 6.07) is 8.78. The van der Waals surface area contributed by atoms with E-state index in [0.717, 1.165) is 16.6 Å². The van der Waals surface area contributed by atoms with Crippen molar-refractivity contribution in [2.24, 2.45) is 0 Å². The van der Waals surface area contributed by atoms with Crippen LogP contribution in [-0.2, 0) is 6.18 Å². The first-order chi connectivity index (χ1) is 9.77. The summed E-state index contributed by atoms with van der Waals surface area (Å²) in [5, 5.41) is 9.02. The Labute approximate surface area is 126 Å². The summed E-state index contributed by atoms with van der Waals surface area (Å²) < 4.78 is 43.9. The minimum atomic E-state index is -4.61. The number of aromatic carboxylic acids is 1. The molecule has 21 heavy (non-hydrogen) atoms. The third kappa shape index (κ3) is 3.75. The van der Waals surface area contributed by atoms with Gasteiger partial charge in [-0.1, -0.05) is 15.9 Å². The average Bonchev–Trinajstić information content (AvgIpc) is 2.40. The third-order valence-corrected chi connectivity index (χ3v) is 3.11. The van der Waals surface area contributed by atoms with Gasteiger partial charge in [-0.25, -0.2) is 4.79 Å². The first kappa shape index (κ1) is 15.4. The summed E-state index contributed by atoms with van der Waals surface area (Å²) >= 11 is 3.23. The second-order valence-electron chi connectivity index (χ2n) is 4.07. The largest absolute Gasteiger partial charge is 0.478 e. The van der Waals surface area contributed by atoms with Crippen molar-refractivity contribution in [1.29, 1.82) is 0 Å². The Morgan fingerprint density at radius 2 is 1.71 bits per heavy atom. The molecular weight excluding hydrogens is 353 g/mol. The maximum absolute atomic E-state index is 12.6. The second-order valence-corrected chi connectivity index (χ2v) is 4.99. The predicted octanol–water partition coefficient (Wildman–Crippen LogP) is 4.96. The molecule has 0 saturated heterocycles. The lowest BCUT2D eigenvalue weighted by molar-refractivity contribution is -0.137. The number of carbonyl (C=O) groups is 1. The SMILES string of the molecule is O=C(O)c1cc(C(F)(F)F)ccc1Oc1ccc(Br)cc1. The summed E-state index contributed by atoms with van der Waals surface area (Å²) in [4.78, 5) is 11.1. The van der Waals surface area contributed by atoms with Crippen molar-refractivity contribution in [3.63, 3.8) is 0 Å². The average molecular weight is 361 g/mol. The number of benzene rings is 2. The lowest BCUT2D eigenvalue weighted by atomic mass is 10.1. The smallest absolute Gasteiger partial charge is 0.416 e. The standard InChI is InChI=1S/C14H8BrF3O3/c15-9-2-4-10(5-3-9)21-12-6-1-8(14(16,17)18)7-11(12)13(19)20/h1-7H,(H,19,20). The molecule has 0 aromatic heterocycles. The Morgan fingerprint density at radius 1 is 1.10 bits per heavy atom. The van der Waals surface area contributed by atoms with Crippen molar-refractivity contribution in [1.82, 2.24) is 0 Å². The van der Waals surface area contributed by atoms with Gasteiger partial charge in [0, 0.05) is 4.47 Å². The Hall–Kier alpha value is -2.02. The van der Waals surface area contributed by atoms with Gasteiger partial charge in [0.05, 0.1) is 5.56 Å². The van der Waals surface area contributed by atoms with E-state index in [2.05, 4.69) is 15.9 Å². The van der Waals surface area contributed by atoms with E-state index in [0.29, 0.717) is 11.8 Å². The third-order valence-electron chi connectivity index (χ3n) is 2.58. The zero-order chi connectivity index (χ0) is 15.6. The minimum Gasteiger partial charge on any atom is -0.478 e. The van der Waals surface area contributed by atoms with E-state index in [4.69, 9.17) is 9.84 Å². The molecule has 0 heterocycles. The summed E-state index contributed by atoms with van der Waals surface area (Å²) in [6.07, 6.45) is -4.61. The van der Waals surface area contributed by atoms with E-state index in [1.54, 1.807) is 24.3 Å². The fourth-order valence-electron chi connectivity index (χ4n) is 1.59. The Kier molecular flexibility index (Phi) is 4.22. The number of hydrogen-bond acceptors (Lipinski definition) is 2. The normalized spacial score (nSPS) is 11.2. The van der Waals surface area contributed by atoms with Crippen LogP contribution in [0.5, 0.6) is 11.5 Å². The number of halogens is 4. The lowest BCUT2D eigenvalue weighted by Gasteiger charge is -2.12. The van der Waals surface area contributed by atoms with E-state index >= 15 is 0 Å². The minimum absolute atomic E-state index is 0.155. The van der Waals surface area contributed by atoms with Crippen LogP contribution >= 0.6 is 15.9 Å². The van der Waals surface area contributed by atoms with Crippen molar-refractivity contribution in [2.45, 2.75) is 6.18 Å². The summed E-state index contributed by atoms with van der Waals surface area (Å²) in [7, 11) is 0. The van der Waals surface area contributed by atoms with Crippen molar-refractivity contribution in [3.8, 4) is 11.5 Å². The quantitative estimate of drug-likeness (QED) is 0.841. The van der Waals surface area contributed by atoms with Crippen LogP contribution in [0.15, 0.2) is 46.9 Å². The van der Waals surface area contributed by atoms with Gasteiger partial charge in [0.15, 0.2) is 0 Å². The molecule has 0 saturated carbocycles. The van der Waals surface area contributed by atoms with Crippen molar-refractivity contribution < 1.29 is 27.8 Å². The van der Waals surface area contributed by atoms with Gasteiger partial charge in [-0.15, -0.1) is 0 Å². The molecule has 2 aromatic carbocycles. The molecule has 2 aromatic rings. The second kappa shape index (κ2) is 5.77. The molecular formula is C14H8BrF3O3. The number of carboxylic acids is 1. The number of ether oxygens (including phenoxy) is 1. The van der Waals surface area contributed by atoms with Crippen molar-refractivity contribution in [3.05, 3.63) is 58.1 Å². The predicted molar refractivity (Wildman–Crippen MR) is 72.6 cm³/mol. The zero-order valence-electron chi connectivity index (χ0n) is 10.3. The topological polar surface area (TPSA) is 46.5 Å². The van der Waals surface area contributed by atoms with Crippen LogP contribution in [0.1, 0.15) is 15.9 Å². The highest BCUT2D eigenvalue weighted by molar-refractivity contribution is 9.10. The fraction of sp³-hybridized carbons (Fsp3) is 0.0714. The van der Waals surface area contributed by atoms with Crippen LogP contribution in [0.4, 0.5) is 13.2 Å². The molecule has 0 aliphatic heterocycles. The molecule has 0 amide bonds. The van der Waals surface area contributed by atoms with Crippen molar-refractivity contribution >= 4 is 21.9 Å². The summed E-state index contributed by atoms with van der Waals surface area (Å²) in [6.45, 7) is 0. The molecule has 0 radical (unpaired) electrons. The van der Waals surface area contributed by atoms with Crippen LogP contribution in [0.2, 0.25) is 0 Å². The van der Waals surface area contributed by atoms with Crippen LogP contribution in [0.25, 0.3) is 0 Å². The highest BCUT2D eigenvalue weighted by Gasteiger charge is 2.32. The van der Waals surface area contributed by atoms with Gasteiger partial charge >= 0.3 is 12.1 Å². The Bertz CT molecular complexity index is 666. The monoisotopic (exact) mass is 360 g/mol. The van der Waals surface area contributed by atoms with E-state index in [-0.39, 0.29) is 5.75 Å². The highest BCUT2D eigenvalue weighted by Crippen LogP contribution is 2.34. The lowest BCUT2D eigenvalue weighted by Crippen LogP contribution is -2.08. The maximum Gasteiger partial charge on any atom is 0.416 e. The first-order valence-corrected chi connectivity index (χ1v) is 6.44. The number of hydrogen-bond donors (Lipinski definition) is 1. The number of carboxylic acid groups (broad SMARTS) is 1. The fourth-order valence-corrected chi connectivity index (χ4v) is 1.86. The molecule has 3 nitrogen and oxygen atoms in total. The van der Waals surface area contributed by atoms with Gasteiger partial charge in [0.25, 0.3) is 0 Å². The first-order valence-electron chi connectivity index (χ1n) is 5.65. The molecule has 0 aliphatic carbocycles. The maximum atomic E-state index is 12.6. The molecule has 0 fully saturated rings. The molecule has 1 N–H and O–H groups in total.